The van der Waals surface area contributed by atoms with Gasteiger partial charge in [-0.2, -0.15) is 0 Å². The van der Waals surface area contributed by atoms with E-state index >= 15 is 0 Å². The third-order valence-corrected chi connectivity index (χ3v) is 4.92. The van der Waals surface area contributed by atoms with Crippen molar-refractivity contribution in [2.45, 2.75) is 30.5 Å². The molecular weight excluding hydrogens is 320 g/mol. The average Bonchev–Trinajstić information content (AvgIpc) is 2.64. The van der Waals surface area contributed by atoms with E-state index in [2.05, 4.69) is 0 Å². The fraction of sp³-hybridized carbons (Fsp3) is 0.375. The lowest BCUT2D eigenvalue weighted by Gasteiger charge is -2.19. The number of phenols is 1. The van der Waals surface area contributed by atoms with Crippen molar-refractivity contribution >= 4 is 28.7 Å². The summed E-state index contributed by atoms with van der Waals surface area (Å²) in [4.78, 5) is 25.0. The van der Waals surface area contributed by atoms with Crippen LogP contribution >= 0.6 is 11.8 Å². The third kappa shape index (κ3) is 2.60. The minimum absolute atomic E-state index is 0.0120. The van der Waals surface area contributed by atoms with Gasteiger partial charge in [-0.25, -0.2) is 0 Å². The van der Waals surface area contributed by atoms with Crippen molar-refractivity contribution in [2.24, 2.45) is 0 Å². The van der Waals surface area contributed by atoms with Gasteiger partial charge in [0, 0.05) is 5.75 Å². The third-order valence-electron chi connectivity index (χ3n) is 3.92. The first-order valence-corrected chi connectivity index (χ1v) is 8.11. The summed E-state index contributed by atoms with van der Waals surface area (Å²) in [6, 6.07) is 3.12. The van der Waals surface area contributed by atoms with Crippen LogP contribution in [-0.2, 0) is 9.53 Å². The number of thioether (sulfide) groups is 1. The molecule has 122 valence electrons. The highest BCUT2D eigenvalue weighted by molar-refractivity contribution is 7.99. The Morgan fingerprint density at radius 1 is 1.43 bits per heavy atom. The van der Waals surface area contributed by atoms with E-state index in [-0.39, 0.29) is 22.3 Å². The van der Waals surface area contributed by atoms with Crippen molar-refractivity contribution in [3.8, 4) is 5.75 Å². The number of carbonyl (C=O) groups is 1. The van der Waals surface area contributed by atoms with Crippen molar-refractivity contribution in [2.75, 3.05) is 12.9 Å². The van der Waals surface area contributed by atoms with E-state index < -0.39 is 23.4 Å². The van der Waals surface area contributed by atoms with E-state index in [1.807, 2.05) is 0 Å². The Morgan fingerprint density at radius 3 is 2.87 bits per heavy atom. The van der Waals surface area contributed by atoms with Gasteiger partial charge in [0.2, 0.25) is 5.43 Å². The van der Waals surface area contributed by atoms with Crippen molar-refractivity contribution in [3.63, 3.8) is 0 Å². The molecule has 0 aliphatic carbocycles. The van der Waals surface area contributed by atoms with Gasteiger partial charge in [0.15, 0.2) is 5.09 Å². The van der Waals surface area contributed by atoms with Crippen LogP contribution in [0.15, 0.2) is 26.4 Å². The molecule has 6 nitrogen and oxygen atoms in total. The minimum atomic E-state index is -1.12. The van der Waals surface area contributed by atoms with E-state index in [0.717, 1.165) is 5.56 Å². The van der Waals surface area contributed by atoms with E-state index in [1.54, 1.807) is 13.0 Å². The maximum absolute atomic E-state index is 12.9. The Kier molecular flexibility index (Phi) is 4.08. The number of ether oxygens (including phenoxy) is 1. The normalized spacial score (nSPS) is 20.8. The van der Waals surface area contributed by atoms with Crippen molar-refractivity contribution < 1.29 is 24.2 Å². The number of phenolic OH excluding ortho intramolecular Hbond substituents is 1. The van der Waals surface area contributed by atoms with Gasteiger partial charge < -0.3 is 19.4 Å². The highest BCUT2D eigenvalue weighted by Crippen LogP contribution is 2.38. The molecule has 0 fully saturated rings. The Hall–Kier alpha value is -1.99. The second-order valence-electron chi connectivity index (χ2n) is 5.49. The number of aliphatic hydroxyl groups excluding tert-OH is 1. The number of benzene rings is 1. The van der Waals surface area contributed by atoms with Crippen LogP contribution in [0.2, 0.25) is 0 Å². The summed E-state index contributed by atoms with van der Waals surface area (Å²) in [5.74, 6) is -1.51. The number of hydrogen-bond acceptors (Lipinski definition) is 7. The van der Waals surface area contributed by atoms with Crippen molar-refractivity contribution in [1.29, 1.82) is 0 Å². The van der Waals surface area contributed by atoms with Gasteiger partial charge in [-0.3, -0.25) is 9.59 Å². The van der Waals surface area contributed by atoms with Crippen LogP contribution in [-0.4, -0.2) is 35.1 Å². The van der Waals surface area contributed by atoms with Crippen LogP contribution in [0.4, 0.5) is 0 Å². The predicted molar refractivity (Wildman–Crippen MR) is 85.0 cm³/mol. The van der Waals surface area contributed by atoms with E-state index in [4.69, 9.17) is 9.15 Å². The molecule has 23 heavy (non-hydrogen) atoms. The summed E-state index contributed by atoms with van der Waals surface area (Å²) in [7, 11) is 1.20. The summed E-state index contributed by atoms with van der Waals surface area (Å²) >= 11 is 1.27. The smallest absolute Gasteiger partial charge is 0.316 e. The molecule has 0 spiro atoms. The highest BCUT2D eigenvalue weighted by atomic mass is 32.2. The van der Waals surface area contributed by atoms with Crippen LogP contribution in [0, 0.1) is 6.92 Å². The Balaban J connectivity index is 2.37. The number of fused-ring (bicyclic) bond motifs is 2. The van der Waals surface area contributed by atoms with Crippen LogP contribution in [0.1, 0.15) is 23.5 Å². The molecule has 0 bridgehead atoms. The molecule has 0 saturated carbocycles. The van der Waals surface area contributed by atoms with Gasteiger partial charge >= 0.3 is 5.97 Å². The number of rotatable bonds is 1. The molecule has 1 aromatic carbocycles. The largest absolute Gasteiger partial charge is 0.507 e. The lowest BCUT2D eigenvalue weighted by Crippen LogP contribution is -2.31. The summed E-state index contributed by atoms with van der Waals surface area (Å²) < 4.78 is 10.5. The van der Waals surface area contributed by atoms with Gasteiger partial charge in [-0.1, -0.05) is 11.8 Å². The number of aryl methyl sites for hydroxylation is 1. The molecular formula is C16H16O6S. The number of hydrogen-bond donors (Lipinski definition) is 2. The first kappa shape index (κ1) is 15.9. The van der Waals surface area contributed by atoms with Gasteiger partial charge in [0.25, 0.3) is 0 Å². The first-order valence-electron chi connectivity index (χ1n) is 7.13. The summed E-state index contributed by atoms with van der Waals surface area (Å²) in [6.45, 7) is 1.78. The fourth-order valence-corrected chi connectivity index (χ4v) is 3.90. The molecule has 2 aromatic rings. The molecule has 2 heterocycles. The molecule has 2 N–H and O–H groups in total. The molecule has 2 unspecified atom stereocenters. The Labute approximate surface area is 136 Å². The zero-order chi connectivity index (χ0) is 16.7. The molecule has 0 amide bonds. The lowest BCUT2D eigenvalue weighted by atomic mass is 9.92. The maximum atomic E-state index is 12.9. The number of methoxy groups -OCH3 is 1. The monoisotopic (exact) mass is 336 g/mol. The molecule has 1 aliphatic rings. The predicted octanol–water partition coefficient (Wildman–Crippen LogP) is 1.92. The Bertz CT molecular complexity index is 841. The van der Waals surface area contributed by atoms with Crippen LogP contribution in [0.25, 0.3) is 11.0 Å². The van der Waals surface area contributed by atoms with Crippen LogP contribution < -0.4 is 5.43 Å². The molecule has 2 atom stereocenters. The molecule has 1 aliphatic heterocycles. The molecule has 7 heteroatoms. The summed E-state index contributed by atoms with van der Waals surface area (Å²) in [5.41, 5.74) is 0.557. The topological polar surface area (TPSA) is 97.0 Å². The summed E-state index contributed by atoms with van der Waals surface area (Å²) in [5, 5.41) is 20.7. The number of esters is 1. The van der Waals surface area contributed by atoms with Gasteiger partial charge in [0.1, 0.15) is 22.6 Å². The second kappa shape index (κ2) is 5.90. The van der Waals surface area contributed by atoms with Gasteiger partial charge in [-0.05, 0) is 31.0 Å². The SMILES string of the molecule is COC(=O)C1c2c(oc3cc(C)cc(O)c3c2=O)SCCC1O. The molecule has 3 rings (SSSR count). The fourth-order valence-electron chi connectivity index (χ4n) is 2.83. The quantitative estimate of drug-likeness (QED) is 0.768. The van der Waals surface area contributed by atoms with Crippen molar-refractivity contribution in [3.05, 3.63) is 33.5 Å². The van der Waals surface area contributed by atoms with Crippen LogP contribution in [0.5, 0.6) is 5.75 Å². The zero-order valence-electron chi connectivity index (χ0n) is 12.7. The van der Waals surface area contributed by atoms with E-state index in [9.17, 15) is 19.8 Å². The second-order valence-corrected chi connectivity index (χ2v) is 6.56. The van der Waals surface area contributed by atoms with Gasteiger partial charge in [0.05, 0.1) is 18.8 Å². The highest BCUT2D eigenvalue weighted by Gasteiger charge is 2.38. The van der Waals surface area contributed by atoms with E-state index in [0.29, 0.717) is 17.3 Å². The van der Waals surface area contributed by atoms with Crippen molar-refractivity contribution in [1.82, 2.24) is 0 Å². The zero-order valence-corrected chi connectivity index (χ0v) is 13.5. The average molecular weight is 336 g/mol. The van der Waals surface area contributed by atoms with Crippen LogP contribution in [0.3, 0.4) is 0 Å². The molecule has 0 radical (unpaired) electrons. The molecule has 0 saturated heterocycles. The summed E-state index contributed by atoms with van der Waals surface area (Å²) in [6.07, 6.45) is -0.709. The molecule has 1 aromatic heterocycles. The lowest BCUT2D eigenvalue weighted by molar-refractivity contribution is -0.145. The van der Waals surface area contributed by atoms with Gasteiger partial charge in [-0.15, -0.1) is 0 Å². The number of aliphatic hydroxyl groups is 1. The standard InChI is InChI=1S/C16H16O6S/c1-7-5-9(18)11-10(6-7)22-16-13(14(11)19)12(15(20)21-2)8(17)3-4-23-16/h5-6,8,12,17-18H,3-4H2,1-2H3. The van der Waals surface area contributed by atoms with E-state index in [1.165, 1.54) is 24.9 Å². The Morgan fingerprint density at radius 2 is 2.17 bits per heavy atom. The number of aromatic hydroxyl groups is 1. The number of carbonyl (C=O) groups excluding carboxylic acids is 1. The first-order chi connectivity index (χ1) is 10.9. The minimum Gasteiger partial charge on any atom is -0.507 e. The maximum Gasteiger partial charge on any atom is 0.316 e.